The van der Waals surface area contributed by atoms with Crippen LogP contribution in [0.4, 0.5) is 17.5 Å². The number of aryl methyl sites for hydroxylation is 1. The molecule has 3 N–H and O–H groups in total. The maximum atomic E-state index is 12.9. The Balaban J connectivity index is 1.32. The lowest BCUT2D eigenvalue weighted by atomic mass is 9.94. The van der Waals surface area contributed by atoms with E-state index in [0.29, 0.717) is 24.9 Å². The Kier molecular flexibility index (Phi) is 6.63. The Hall–Kier alpha value is -3.81. The Bertz CT molecular complexity index is 1110. The fourth-order valence-corrected chi connectivity index (χ4v) is 3.84. The number of benzene rings is 2. The van der Waals surface area contributed by atoms with Crippen LogP contribution in [-0.4, -0.2) is 43.2 Å². The molecular formula is C25H29N5O3. The van der Waals surface area contributed by atoms with Gasteiger partial charge in [0.1, 0.15) is 17.3 Å². The first-order valence-electron chi connectivity index (χ1n) is 11.0. The number of rotatable bonds is 10. The van der Waals surface area contributed by atoms with E-state index < -0.39 is 5.41 Å². The van der Waals surface area contributed by atoms with Gasteiger partial charge in [0.2, 0.25) is 11.9 Å². The standard InChI is InChI=1S/C25H29N5O3/c1-17-16-22(29-18-8-10-19(32-2)11-9-18)30-24(28-17)27-15-14-26-23(31)25(12-13-25)20-6-4-5-7-21(20)33-3/h4-11,16H,12-15H2,1-3H3,(H,26,31)(H2,27,28,29,30). The van der Waals surface area contributed by atoms with Gasteiger partial charge >= 0.3 is 0 Å². The van der Waals surface area contributed by atoms with E-state index in [1.165, 1.54) is 0 Å². The minimum Gasteiger partial charge on any atom is -0.497 e. The Morgan fingerprint density at radius 1 is 1.00 bits per heavy atom. The molecule has 0 radical (unpaired) electrons. The summed E-state index contributed by atoms with van der Waals surface area (Å²) in [7, 11) is 3.27. The second kappa shape index (κ2) is 9.77. The molecule has 0 spiro atoms. The zero-order valence-corrected chi connectivity index (χ0v) is 19.1. The predicted molar refractivity (Wildman–Crippen MR) is 128 cm³/mol. The van der Waals surface area contributed by atoms with Gasteiger partial charge in [-0.3, -0.25) is 4.79 Å². The van der Waals surface area contributed by atoms with Gasteiger partial charge in [-0.15, -0.1) is 0 Å². The van der Waals surface area contributed by atoms with E-state index >= 15 is 0 Å². The van der Waals surface area contributed by atoms with Crippen LogP contribution < -0.4 is 25.4 Å². The number of para-hydroxylation sites is 1. The normalized spacial score (nSPS) is 13.7. The first-order chi connectivity index (χ1) is 16.0. The van der Waals surface area contributed by atoms with Crippen LogP contribution in [-0.2, 0) is 10.2 Å². The van der Waals surface area contributed by atoms with Crippen molar-refractivity contribution in [2.45, 2.75) is 25.2 Å². The molecule has 8 heteroatoms. The monoisotopic (exact) mass is 447 g/mol. The smallest absolute Gasteiger partial charge is 0.230 e. The van der Waals surface area contributed by atoms with Gasteiger partial charge in [0.25, 0.3) is 0 Å². The molecule has 33 heavy (non-hydrogen) atoms. The third-order valence-electron chi connectivity index (χ3n) is 5.72. The summed E-state index contributed by atoms with van der Waals surface area (Å²) in [5, 5.41) is 9.52. The van der Waals surface area contributed by atoms with Gasteiger partial charge in [-0.05, 0) is 50.1 Å². The van der Waals surface area contributed by atoms with Crippen molar-refractivity contribution < 1.29 is 14.3 Å². The molecule has 4 rings (SSSR count). The highest BCUT2D eigenvalue weighted by Crippen LogP contribution is 2.51. The summed E-state index contributed by atoms with van der Waals surface area (Å²) >= 11 is 0. The van der Waals surface area contributed by atoms with Crippen LogP contribution in [0.3, 0.4) is 0 Å². The summed E-state index contributed by atoms with van der Waals surface area (Å²) in [6.07, 6.45) is 1.65. The predicted octanol–water partition coefficient (Wildman–Crippen LogP) is 3.81. The maximum Gasteiger partial charge on any atom is 0.230 e. The van der Waals surface area contributed by atoms with Gasteiger partial charge in [-0.1, -0.05) is 18.2 Å². The fourth-order valence-electron chi connectivity index (χ4n) is 3.84. The Morgan fingerprint density at radius 2 is 1.76 bits per heavy atom. The van der Waals surface area contributed by atoms with Crippen LogP contribution in [0.2, 0.25) is 0 Å². The van der Waals surface area contributed by atoms with Crippen LogP contribution in [0.25, 0.3) is 0 Å². The maximum absolute atomic E-state index is 12.9. The molecule has 8 nitrogen and oxygen atoms in total. The van der Waals surface area contributed by atoms with Gasteiger partial charge in [0, 0.05) is 36.1 Å². The molecule has 1 aliphatic rings. The van der Waals surface area contributed by atoms with Crippen molar-refractivity contribution in [2.75, 3.05) is 37.9 Å². The van der Waals surface area contributed by atoms with Crippen LogP contribution in [0.5, 0.6) is 11.5 Å². The Labute approximate surface area is 193 Å². The third-order valence-corrected chi connectivity index (χ3v) is 5.72. The summed E-state index contributed by atoms with van der Waals surface area (Å²) in [5.41, 5.74) is 2.20. The lowest BCUT2D eigenvalue weighted by molar-refractivity contribution is -0.123. The zero-order chi connectivity index (χ0) is 23.3. The number of amides is 1. The van der Waals surface area contributed by atoms with Crippen LogP contribution in [0, 0.1) is 6.92 Å². The highest BCUT2D eigenvalue weighted by molar-refractivity contribution is 5.92. The SMILES string of the molecule is COc1ccc(Nc2cc(C)nc(NCCNC(=O)C3(c4ccccc4OC)CC3)n2)cc1. The molecule has 0 aliphatic heterocycles. The second-order valence-electron chi connectivity index (χ2n) is 8.04. The number of anilines is 3. The highest BCUT2D eigenvalue weighted by Gasteiger charge is 2.52. The summed E-state index contributed by atoms with van der Waals surface area (Å²) < 4.78 is 10.7. The number of hydrogen-bond donors (Lipinski definition) is 3. The fraction of sp³-hybridized carbons (Fsp3) is 0.320. The van der Waals surface area contributed by atoms with E-state index in [1.807, 2.05) is 61.5 Å². The summed E-state index contributed by atoms with van der Waals surface area (Å²) in [6.45, 7) is 2.89. The minimum atomic E-state index is -0.484. The molecule has 0 atom stereocenters. The molecule has 0 unspecified atom stereocenters. The van der Waals surface area contributed by atoms with Crippen LogP contribution in [0.15, 0.2) is 54.6 Å². The van der Waals surface area contributed by atoms with Crippen molar-refractivity contribution in [3.63, 3.8) is 0 Å². The van der Waals surface area contributed by atoms with E-state index in [2.05, 4.69) is 25.9 Å². The van der Waals surface area contributed by atoms with Gasteiger partial charge in [0.05, 0.1) is 19.6 Å². The third kappa shape index (κ3) is 5.16. The number of carbonyl (C=O) groups excluding carboxylic acids is 1. The van der Waals surface area contributed by atoms with Crippen LogP contribution >= 0.6 is 0 Å². The number of ether oxygens (including phenoxy) is 2. The number of nitrogens with zero attached hydrogens (tertiary/aromatic N) is 2. The molecule has 0 saturated heterocycles. The van der Waals surface area contributed by atoms with E-state index in [9.17, 15) is 4.79 Å². The van der Waals surface area contributed by atoms with Gasteiger partial charge in [0.15, 0.2) is 0 Å². The average Bonchev–Trinajstić information content (AvgIpc) is 3.64. The molecule has 1 saturated carbocycles. The number of nitrogens with one attached hydrogen (secondary N) is 3. The lowest BCUT2D eigenvalue weighted by Crippen LogP contribution is -2.37. The van der Waals surface area contributed by atoms with Crippen molar-refractivity contribution in [3.8, 4) is 11.5 Å². The molecule has 172 valence electrons. The minimum absolute atomic E-state index is 0.0285. The molecule has 3 aromatic rings. The molecule has 1 fully saturated rings. The number of hydrogen-bond acceptors (Lipinski definition) is 7. The zero-order valence-electron chi connectivity index (χ0n) is 19.1. The molecule has 1 aromatic heterocycles. The molecule has 1 aliphatic carbocycles. The summed E-state index contributed by atoms with van der Waals surface area (Å²) in [4.78, 5) is 21.9. The lowest BCUT2D eigenvalue weighted by Gasteiger charge is -2.18. The van der Waals surface area contributed by atoms with Gasteiger partial charge in [-0.2, -0.15) is 4.98 Å². The van der Waals surface area contributed by atoms with Crippen molar-refractivity contribution in [2.24, 2.45) is 0 Å². The van der Waals surface area contributed by atoms with Gasteiger partial charge < -0.3 is 25.4 Å². The first kappa shape index (κ1) is 22.4. The molecule has 1 amide bonds. The second-order valence-corrected chi connectivity index (χ2v) is 8.04. The van der Waals surface area contributed by atoms with Gasteiger partial charge in [-0.25, -0.2) is 4.98 Å². The molecular weight excluding hydrogens is 418 g/mol. The number of methoxy groups -OCH3 is 2. The van der Waals surface area contributed by atoms with Crippen molar-refractivity contribution in [1.82, 2.24) is 15.3 Å². The average molecular weight is 448 g/mol. The molecule has 2 aromatic carbocycles. The number of aromatic nitrogens is 2. The van der Waals surface area contributed by atoms with E-state index in [-0.39, 0.29) is 5.91 Å². The van der Waals surface area contributed by atoms with E-state index in [1.54, 1.807) is 14.2 Å². The van der Waals surface area contributed by atoms with E-state index in [4.69, 9.17) is 9.47 Å². The van der Waals surface area contributed by atoms with Crippen molar-refractivity contribution in [3.05, 3.63) is 65.9 Å². The van der Waals surface area contributed by atoms with Crippen molar-refractivity contribution in [1.29, 1.82) is 0 Å². The number of carbonyl (C=O) groups is 1. The molecule has 0 bridgehead atoms. The molecule has 1 heterocycles. The first-order valence-corrected chi connectivity index (χ1v) is 11.0. The van der Waals surface area contributed by atoms with Crippen LogP contribution in [0.1, 0.15) is 24.1 Å². The Morgan fingerprint density at radius 3 is 2.45 bits per heavy atom. The largest absolute Gasteiger partial charge is 0.497 e. The quantitative estimate of drug-likeness (QED) is 0.407. The topological polar surface area (TPSA) is 97.4 Å². The summed E-state index contributed by atoms with van der Waals surface area (Å²) in [6, 6.07) is 17.2. The summed E-state index contributed by atoms with van der Waals surface area (Å²) in [5.74, 6) is 2.77. The van der Waals surface area contributed by atoms with Crippen molar-refractivity contribution >= 4 is 23.4 Å². The van der Waals surface area contributed by atoms with E-state index in [0.717, 1.165) is 41.3 Å². The highest BCUT2D eigenvalue weighted by atomic mass is 16.5.